The van der Waals surface area contributed by atoms with Gasteiger partial charge in [0.05, 0.1) is 6.26 Å². The summed E-state index contributed by atoms with van der Waals surface area (Å²) in [5.74, 6) is 0. The first-order chi connectivity index (χ1) is 6.50. The van der Waals surface area contributed by atoms with Crippen LogP contribution in [0.5, 0.6) is 0 Å². The van der Waals surface area contributed by atoms with Crippen LogP contribution in [0.15, 0.2) is 33.4 Å². The fraction of sp³-hybridized carbons (Fsp3) is 0.333. The minimum atomic E-state index is 0.122. The minimum Gasteiger partial charge on any atom is -0.464 e. The molecule has 1 aromatic carbocycles. The summed E-state index contributed by atoms with van der Waals surface area (Å²) in [6, 6.07) is 6.20. The molecule has 0 amide bonds. The normalized spacial score (nSPS) is 12.3. The van der Waals surface area contributed by atoms with E-state index in [0.717, 1.165) is 15.4 Å². The second kappa shape index (κ2) is 3.13. The first-order valence-electron chi connectivity index (χ1n) is 4.66. The summed E-state index contributed by atoms with van der Waals surface area (Å²) >= 11 is 3.52. The Hall–Kier alpha value is -0.760. The number of hydrogen-bond donors (Lipinski definition) is 0. The standard InChI is InChI=1S/C12H13BrO/c1-12(2,3)9-4-5-10(13)8-6-7-14-11(8)9/h4-7H,1-3H3. The number of hydrogen-bond acceptors (Lipinski definition) is 1. The maximum Gasteiger partial charge on any atom is 0.138 e. The van der Waals surface area contributed by atoms with Crippen molar-refractivity contribution in [2.75, 3.05) is 0 Å². The molecule has 74 valence electrons. The molecule has 2 rings (SSSR count). The number of benzene rings is 1. The highest BCUT2D eigenvalue weighted by Crippen LogP contribution is 2.34. The van der Waals surface area contributed by atoms with Gasteiger partial charge in [0.25, 0.3) is 0 Å². The Morgan fingerprint density at radius 1 is 1.14 bits per heavy atom. The Morgan fingerprint density at radius 3 is 2.50 bits per heavy atom. The third-order valence-electron chi connectivity index (χ3n) is 2.37. The van der Waals surface area contributed by atoms with Crippen LogP contribution in [0.3, 0.4) is 0 Å². The first-order valence-corrected chi connectivity index (χ1v) is 5.45. The molecule has 1 nitrogen and oxygen atoms in total. The Kier molecular flexibility index (Phi) is 2.18. The van der Waals surface area contributed by atoms with Crippen LogP contribution >= 0.6 is 15.9 Å². The van der Waals surface area contributed by atoms with Gasteiger partial charge in [-0.3, -0.25) is 0 Å². The zero-order chi connectivity index (χ0) is 10.3. The molecule has 2 heteroatoms. The molecule has 0 saturated carbocycles. The quantitative estimate of drug-likeness (QED) is 0.674. The number of fused-ring (bicyclic) bond motifs is 1. The topological polar surface area (TPSA) is 13.1 Å². The molecule has 0 N–H and O–H groups in total. The molecule has 1 heterocycles. The Labute approximate surface area is 92.2 Å². The van der Waals surface area contributed by atoms with Crippen molar-refractivity contribution in [3.8, 4) is 0 Å². The molecule has 0 aliphatic heterocycles. The smallest absolute Gasteiger partial charge is 0.138 e. The van der Waals surface area contributed by atoms with Crippen molar-refractivity contribution in [3.05, 3.63) is 34.5 Å². The fourth-order valence-corrected chi connectivity index (χ4v) is 2.06. The fourth-order valence-electron chi connectivity index (χ4n) is 1.62. The van der Waals surface area contributed by atoms with Crippen LogP contribution in [0.1, 0.15) is 26.3 Å². The molecule has 1 aromatic heterocycles. The van der Waals surface area contributed by atoms with Crippen LogP contribution in [-0.2, 0) is 5.41 Å². The van der Waals surface area contributed by atoms with Gasteiger partial charge in [0.15, 0.2) is 0 Å². The lowest BCUT2D eigenvalue weighted by Gasteiger charge is -2.19. The summed E-state index contributed by atoms with van der Waals surface area (Å²) in [6.45, 7) is 6.58. The zero-order valence-electron chi connectivity index (χ0n) is 8.60. The molecule has 0 bridgehead atoms. The van der Waals surface area contributed by atoms with Crippen LogP contribution in [0, 0.1) is 0 Å². The predicted octanol–water partition coefficient (Wildman–Crippen LogP) is 4.49. The SMILES string of the molecule is CC(C)(C)c1ccc(Br)c2ccoc12. The summed E-state index contributed by atoms with van der Waals surface area (Å²) in [5.41, 5.74) is 2.36. The third-order valence-corrected chi connectivity index (χ3v) is 3.06. The molecule has 14 heavy (non-hydrogen) atoms. The number of halogens is 1. The van der Waals surface area contributed by atoms with Crippen molar-refractivity contribution in [3.63, 3.8) is 0 Å². The molecule has 0 spiro atoms. The van der Waals surface area contributed by atoms with Crippen LogP contribution < -0.4 is 0 Å². The van der Waals surface area contributed by atoms with E-state index in [2.05, 4.69) is 48.8 Å². The van der Waals surface area contributed by atoms with E-state index in [0.29, 0.717) is 0 Å². The Bertz CT molecular complexity index is 463. The van der Waals surface area contributed by atoms with Crippen LogP contribution in [0.25, 0.3) is 11.0 Å². The van der Waals surface area contributed by atoms with Crippen molar-refractivity contribution < 1.29 is 4.42 Å². The average Bonchev–Trinajstić information content (AvgIpc) is 2.50. The maximum atomic E-state index is 5.53. The van der Waals surface area contributed by atoms with Crippen molar-refractivity contribution in [1.82, 2.24) is 0 Å². The van der Waals surface area contributed by atoms with E-state index < -0.39 is 0 Å². The molecule has 0 aliphatic carbocycles. The summed E-state index contributed by atoms with van der Waals surface area (Å²) in [4.78, 5) is 0. The van der Waals surface area contributed by atoms with E-state index in [1.54, 1.807) is 6.26 Å². The van der Waals surface area contributed by atoms with Gasteiger partial charge < -0.3 is 4.42 Å². The van der Waals surface area contributed by atoms with E-state index >= 15 is 0 Å². The lowest BCUT2D eigenvalue weighted by atomic mass is 9.86. The Balaban J connectivity index is 2.80. The molecule has 0 saturated heterocycles. The maximum absolute atomic E-state index is 5.53. The van der Waals surface area contributed by atoms with Crippen LogP contribution in [0.4, 0.5) is 0 Å². The lowest BCUT2D eigenvalue weighted by Crippen LogP contribution is -2.11. The highest BCUT2D eigenvalue weighted by atomic mass is 79.9. The predicted molar refractivity (Wildman–Crippen MR) is 62.6 cm³/mol. The van der Waals surface area contributed by atoms with Gasteiger partial charge in [0.1, 0.15) is 5.58 Å². The van der Waals surface area contributed by atoms with E-state index in [-0.39, 0.29) is 5.41 Å². The summed E-state index contributed by atoms with van der Waals surface area (Å²) in [6.07, 6.45) is 1.74. The molecule has 0 unspecified atom stereocenters. The zero-order valence-corrected chi connectivity index (χ0v) is 10.2. The lowest BCUT2D eigenvalue weighted by molar-refractivity contribution is 0.558. The van der Waals surface area contributed by atoms with Gasteiger partial charge in [-0.05, 0) is 17.5 Å². The van der Waals surface area contributed by atoms with Gasteiger partial charge in [-0.1, -0.05) is 42.8 Å². The monoisotopic (exact) mass is 252 g/mol. The molecule has 0 fully saturated rings. The number of furan rings is 1. The van der Waals surface area contributed by atoms with Gasteiger partial charge in [0.2, 0.25) is 0 Å². The highest BCUT2D eigenvalue weighted by molar-refractivity contribution is 9.10. The van der Waals surface area contributed by atoms with E-state index in [1.807, 2.05) is 6.07 Å². The second-order valence-electron chi connectivity index (χ2n) is 4.51. The largest absolute Gasteiger partial charge is 0.464 e. The van der Waals surface area contributed by atoms with Crippen LogP contribution in [-0.4, -0.2) is 0 Å². The van der Waals surface area contributed by atoms with E-state index in [9.17, 15) is 0 Å². The molecule has 0 radical (unpaired) electrons. The van der Waals surface area contributed by atoms with Crippen LogP contribution in [0.2, 0.25) is 0 Å². The van der Waals surface area contributed by atoms with Gasteiger partial charge in [0, 0.05) is 15.4 Å². The van der Waals surface area contributed by atoms with Gasteiger partial charge in [-0.25, -0.2) is 0 Å². The second-order valence-corrected chi connectivity index (χ2v) is 5.36. The van der Waals surface area contributed by atoms with E-state index in [4.69, 9.17) is 4.42 Å². The molecular formula is C12H13BrO. The van der Waals surface area contributed by atoms with Crippen molar-refractivity contribution in [1.29, 1.82) is 0 Å². The van der Waals surface area contributed by atoms with Crippen molar-refractivity contribution >= 4 is 26.9 Å². The number of rotatable bonds is 0. The van der Waals surface area contributed by atoms with Gasteiger partial charge >= 0.3 is 0 Å². The molecular weight excluding hydrogens is 240 g/mol. The average molecular weight is 253 g/mol. The van der Waals surface area contributed by atoms with Gasteiger partial charge in [-0.15, -0.1) is 0 Å². The minimum absolute atomic E-state index is 0.122. The summed E-state index contributed by atoms with van der Waals surface area (Å²) in [5, 5.41) is 1.15. The third kappa shape index (κ3) is 1.48. The Morgan fingerprint density at radius 2 is 1.86 bits per heavy atom. The molecule has 0 aliphatic rings. The van der Waals surface area contributed by atoms with E-state index in [1.165, 1.54) is 5.56 Å². The van der Waals surface area contributed by atoms with Gasteiger partial charge in [-0.2, -0.15) is 0 Å². The molecule has 2 aromatic rings. The molecule has 0 atom stereocenters. The van der Waals surface area contributed by atoms with Crippen molar-refractivity contribution in [2.24, 2.45) is 0 Å². The first kappa shape index (κ1) is 9.78. The highest BCUT2D eigenvalue weighted by Gasteiger charge is 2.19. The summed E-state index contributed by atoms with van der Waals surface area (Å²) < 4.78 is 6.62. The summed E-state index contributed by atoms with van der Waals surface area (Å²) in [7, 11) is 0. The van der Waals surface area contributed by atoms with Crippen molar-refractivity contribution in [2.45, 2.75) is 26.2 Å².